The van der Waals surface area contributed by atoms with Crippen LogP contribution >= 0.6 is 11.8 Å². The number of benzene rings is 3. The number of fused-ring (bicyclic) bond motifs is 4. The molecular weight excluding hydrogens is 517 g/mol. The number of quaternary nitrogens is 1. The lowest BCUT2D eigenvalue weighted by Gasteiger charge is -2.27. The van der Waals surface area contributed by atoms with Crippen LogP contribution in [-0.4, -0.2) is 42.9 Å². The molecule has 4 atom stereocenters. The highest BCUT2D eigenvalue weighted by Gasteiger charge is 2.75. The third-order valence-corrected chi connectivity index (χ3v) is 8.94. The number of ether oxygens (including phenoxy) is 1. The van der Waals surface area contributed by atoms with Crippen LogP contribution in [0.15, 0.2) is 72.8 Å². The molecule has 3 aliphatic heterocycles. The number of anilines is 2. The van der Waals surface area contributed by atoms with Gasteiger partial charge < -0.3 is 15.0 Å². The van der Waals surface area contributed by atoms with E-state index in [0.29, 0.717) is 34.7 Å². The van der Waals surface area contributed by atoms with E-state index < -0.39 is 23.2 Å². The van der Waals surface area contributed by atoms with E-state index in [-0.39, 0.29) is 30.3 Å². The maximum absolute atomic E-state index is 14.7. The zero-order valence-electron chi connectivity index (χ0n) is 21.7. The first-order chi connectivity index (χ1) is 18.9. The second-order valence-corrected chi connectivity index (χ2v) is 11.2. The summed E-state index contributed by atoms with van der Waals surface area (Å²) in [5.74, 6) is -1.47. The average molecular weight is 547 g/mol. The van der Waals surface area contributed by atoms with Crippen LogP contribution in [0.1, 0.15) is 17.5 Å². The van der Waals surface area contributed by atoms with Gasteiger partial charge in [0.05, 0.1) is 25.0 Å². The molecule has 1 spiro atoms. The van der Waals surface area contributed by atoms with E-state index in [2.05, 4.69) is 0 Å². The van der Waals surface area contributed by atoms with Crippen LogP contribution < -0.4 is 19.9 Å². The molecule has 39 heavy (non-hydrogen) atoms. The highest BCUT2D eigenvalue weighted by Crippen LogP contribution is 2.52. The van der Waals surface area contributed by atoms with Crippen molar-refractivity contribution < 1.29 is 28.8 Å². The van der Waals surface area contributed by atoms with Gasteiger partial charge in [0.15, 0.2) is 0 Å². The molecule has 3 aromatic carbocycles. The van der Waals surface area contributed by atoms with Crippen molar-refractivity contribution in [1.29, 1.82) is 0 Å². The normalized spacial score (nSPS) is 25.5. The number of nitrogens with two attached hydrogens (primary N) is 1. The monoisotopic (exact) mass is 546 g/mol. The van der Waals surface area contributed by atoms with Gasteiger partial charge in [0.2, 0.25) is 17.4 Å². The lowest BCUT2D eigenvalue weighted by atomic mass is 9.76. The largest absolute Gasteiger partial charge is 0.497 e. The topological polar surface area (TPSA) is 83.5 Å². The summed E-state index contributed by atoms with van der Waals surface area (Å²) in [7, 11) is 1.55. The highest BCUT2D eigenvalue weighted by atomic mass is 32.2. The van der Waals surface area contributed by atoms with Crippen molar-refractivity contribution in [2.75, 3.05) is 28.9 Å². The van der Waals surface area contributed by atoms with Gasteiger partial charge in [0.25, 0.3) is 5.91 Å². The number of hydrogen-bond acceptors (Lipinski definition) is 5. The van der Waals surface area contributed by atoms with Gasteiger partial charge in [-0.2, -0.15) is 11.8 Å². The van der Waals surface area contributed by atoms with Crippen LogP contribution in [-0.2, 0) is 26.5 Å². The molecule has 0 saturated carbocycles. The van der Waals surface area contributed by atoms with Crippen molar-refractivity contribution in [2.24, 2.45) is 11.8 Å². The molecule has 3 amide bonds. The van der Waals surface area contributed by atoms with Crippen LogP contribution in [0, 0.1) is 17.7 Å². The molecule has 0 unspecified atom stereocenters. The third kappa shape index (κ3) is 3.78. The van der Waals surface area contributed by atoms with Gasteiger partial charge in [-0.25, -0.2) is 9.29 Å². The van der Waals surface area contributed by atoms with Crippen molar-refractivity contribution in [3.63, 3.8) is 0 Å². The maximum Gasteiger partial charge on any atom is 0.294 e. The summed E-state index contributed by atoms with van der Waals surface area (Å²) in [6, 6.07) is 20.3. The van der Waals surface area contributed by atoms with E-state index in [1.54, 1.807) is 66.2 Å². The summed E-state index contributed by atoms with van der Waals surface area (Å²) in [6.45, 7) is 0.0370. The van der Waals surface area contributed by atoms with Gasteiger partial charge in [-0.1, -0.05) is 36.4 Å². The minimum Gasteiger partial charge on any atom is -0.497 e. The molecule has 3 aliphatic rings. The number of carbonyl (C=O) groups is 3. The summed E-state index contributed by atoms with van der Waals surface area (Å²) in [6.07, 6.45) is 2.67. The summed E-state index contributed by atoms with van der Waals surface area (Å²) in [5.41, 5.74) is 0.893. The predicted octanol–water partition coefficient (Wildman–Crippen LogP) is 3.08. The van der Waals surface area contributed by atoms with Crippen LogP contribution in [0.3, 0.4) is 0 Å². The number of amides is 3. The number of methoxy groups -OCH3 is 1. The molecule has 3 aromatic rings. The molecule has 0 aromatic heterocycles. The molecular formula is C30H29FN3O4S+. The molecule has 7 nitrogen and oxygen atoms in total. The number of hydrogen-bond donors (Lipinski definition) is 1. The van der Waals surface area contributed by atoms with Crippen molar-refractivity contribution in [2.45, 2.75) is 24.5 Å². The van der Waals surface area contributed by atoms with Crippen molar-refractivity contribution >= 4 is 40.9 Å². The molecule has 9 heteroatoms. The first-order valence-corrected chi connectivity index (χ1v) is 14.3. The van der Waals surface area contributed by atoms with Gasteiger partial charge in [-0.05, 0) is 48.4 Å². The van der Waals surface area contributed by atoms with Crippen molar-refractivity contribution in [3.8, 4) is 5.75 Å². The molecule has 2 saturated heterocycles. The number of nitrogens with zero attached hydrogens (tertiary/aromatic N) is 2. The molecule has 2 fully saturated rings. The fourth-order valence-electron chi connectivity index (χ4n) is 6.57. The smallest absolute Gasteiger partial charge is 0.294 e. The molecule has 6 rings (SSSR count). The number of carbonyl (C=O) groups excluding carboxylic acids is 3. The highest BCUT2D eigenvalue weighted by molar-refractivity contribution is 7.98. The lowest BCUT2D eigenvalue weighted by molar-refractivity contribution is -0.733. The van der Waals surface area contributed by atoms with E-state index in [1.807, 2.05) is 35.8 Å². The number of imide groups is 1. The first-order valence-electron chi connectivity index (χ1n) is 12.9. The Balaban J connectivity index is 1.46. The molecule has 0 aliphatic carbocycles. The number of halogens is 1. The summed E-state index contributed by atoms with van der Waals surface area (Å²) < 4.78 is 19.9. The average Bonchev–Trinajstić information content (AvgIpc) is 3.52. The quantitative estimate of drug-likeness (QED) is 0.461. The summed E-state index contributed by atoms with van der Waals surface area (Å²) in [4.78, 5) is 45.5. The van der Waals surface area contributed by atoms with Gasteiger partial charge in [-0.3, -0.25) is 14.4 Å². The van der Waals surface area contributed by atoms with Crippen molar-refractivity contribution in [3.05, 3.63) is 89.7 Å². The first kappa shape index (κ1) is 25.6. The molecule has 0 radical (unpaired) electrons. The van der Waals surface area contributed by atoms with Crippen LogP contribution in [0.5, 0.6) is 5.75 Å². The Morgan fingerprint density at radius 2 is 1.69 bits per heavy atom. The summed E-state index contributed by atoms with van der Waals surface area (Å²) in [5, 5.41) is 1.96. The standard InChI is InChI=1S/C30H28FN3O4S/c1-38-20-13-11-19(12-14-20)34-27(35)25-23(15-16-39-2)32-30(26(25)28(34)36)21-8-4-6-10-24(21)33(29(30)37)17-18-7-3-5-9-22(18)31/h3-14,23,25-26,32H,15-17H2,1-2H3/p+1/t23-,25+,26+,30-/m1/s1. The Labute approximate surface area is 230 Å². The second kappa shape index (κ2) is 9.81. The Morgan fingerprint density at radius 1 is 0.974 bits per heavy atom. The van der Waals surface area contributed by atoms with Gasteiger partial charge >= 0.3 is 0 Å². The Bertz CT molecular complexity index is 1460. The third-order valence-electron chi connectivity index (χ3n) is 8.29. The van der Waals surface area contributed by atoms with Gasteiger partial charge in [0.1, 0.15) is 29.4 Å². The van der Waals surface area contributed by atoms with Gasteiger partial charge in [0, 0.05) is 17.5 Å². The second-order valence-electron chi connectivity index (χ2n) is 10.2. The Kier molecular flexibility index (Phi) is 6.43. The zero-order valence-corrected chi connectivity index (χ0v) is 22.5. The van der Waals surface area contributed by atoms with Crippen LogP contribution in [0.2, 0.25) is 0 Å². The maximum atomic E-state index is 14.7. The van der Waals surface area contributed by atoms with Gasteiger partial charge in [-0.15, -0.1) is 0 Å². The minimum atomic E-state index is -1.30. The molecule has 2 N–H and O–H groups in total. The van der Waals surface area contributed by atoms with E-state index in [1.165, 1.54) is 11.0 Å². The Hall–Kier alpha value is -3.69. The van der Waals surface area contributed by atoms with E-state index >= 15 is 0 Å². The fourth-order valence-corrected chi connectivity index (χ4v) is 7.08. The minimum absolute atomic E-state index is 0.0370. The summed E-state index contributed by atoms with van der Waals surface area (Å²) >= 11 is 1.67. The predicted molar refractivity (Wildman–Crippen MR) is 147 cm³/mol. The SMILES string of the molecule is COc1ccc(N2C(=O)[C@@H]3[C@@H](C2=O)[C@@]2([NH2+][C@@H]3CCSC)C(=O)N(Cc3ccccc3F)c3ccccc32)cc1. The molecule has 200 valence electrons. The van der Waals surface area contributed by atoms with Crippen LogP contribution in [0.25, 0.3) is 0 Å². The molecule has 3 heterocycles. The lowest BCUT2D eigenvalue weighted by Crippen LogP contribution is -2.99. The number of thioether (sulfide) groups is 1. The van der Waals surface area contributed by atoms with E-state index in [0.717, 1.165) is 5.75 Å². The fraction of sp³-hybridized carbons (Fsp3) is 0.300. The van der Waals surface area contributed by atoms with E-state index in [4.69, 9.17) is 4.74 Å². The number of rotatable bonds is 7. The van der Waals surface area contributed by atoms with E-state index in [9.17, 15) is 18.8 Å². The van der Waals surface area contributed by atoms with Crippen molar-refractivity contribution in [1.82, 2.24) is 0 Å². The molecule has 0 bridgehead atoms. The zero-order chi connectivity index (χ0) is 27.3. The Morgan fingerprint density at radius 3 is 2.41 bits per heavy atom. The number of para-hydroxylation sites is 1. The van der Waals surface area contributed by atoms with Crippen LogP contribution in [0.4, 0.5) is 15.8 Å².